The molecule has 2 rings (SSSR count). The zero-order chi connectivity index (χ0) is 12.9. The van der Waals surface area contributed by atoms with Gasteiger partial charge in [-0.25, -0.2) is 0 Å². The molecule has 1 aliphatic carbocycles. The molecule has 0 saturated heterocycles. The quantitative estimate of drug-likeness (QED) is 0.798. The zero-order valence-corrected chi connectivity index (χ0v) is 10.5. The molecule has 2 nitrogen and oxygen atoms in total. The van der Waals surface area contributed by atoms with Crippen molar-refractivity contribution in [3.05, 3.63) is 30.1 Å². The molecule has 0 amide bonds. The Balaban J connectivity index is 0.000000686. The second-order valence-electron chi connectivity index (χ2n) is 3.92. The van der Waals surface area contributed by atoms with Gasteiger partial charge in [-0.3, -0.25) is 4.98 Å². The van der Waals surface area contributed by atoms with Gasteiger partial charge >= 0.3 is 6.11 Å². The second kappa shape index (κ2) is 6.05. The normalized spacial score (nSPS) is 17.0. The smallest absolute Gasteiger partial charge is 0.313 e. The maximum Gasteiger partial charge on any atom is 0.385 e. The van der Waals surface area contributed by atoms with Crippen LogP contribution in [0.5, 0.6) is 0 Å². The SMILES string of the molecule is CC.CC(OC(F)(F)c1cccnc1)C1CC1. The summed E-state index contributed by atoms with van der Waals surface area (Å²) in [6.07, 6.45) is 0.967. The van der Waals surface area contributed by atoms with Gasteiger partial charge in [0.1, 0.15) is 0 Å². The molecule has 1 aromatic heterocycles. The van der Waals surface area contributed by atoms with E-state index < -0.39 is 6.11 Å². The van der Waals surface area contributed by atoms with E-state index in [1.165, 1.54) is 18.3 Å². The minimum absolute atomic E-state index is 0.183. The van der Waals surface area contributed by atoms with Crippen LogP contribution in [0, 0.1) is 5.92 Å². The van der Waals surface area contributed by atoms with Crippen molar-refractivity contribution in [2.45, 2.75) is 45.8 Å². The highest BCUT2D eigenvalue weighted by molar-refractivity contribution is 5.12. The first-order chi connectivity index (χ1) is 8.09. The molecule has 1 heterocycles. The molecule has 0 N–H and O–H groups in total. The Morgan fingerprint density at radius 3 is 2.53 bits per heavy atom. The van der Waals surface area contributed by atoms with E-state index in [9.17, 15) is 8.78 Å². The lowest BCUT2D eigenvalue weighted by Gasteiger charge is -2.21. The number of hydrogen-bond acceptors (Lipinski definition) is 2. The number of halogens is 2. The van der Waals surface area contributed by atoms with Crippen LogP contribution in [-0.4, -0.2) is 11.1 Å². The lowest BCUT2D eigenvalue weighted by molar-refractivity contribution is -0.273. The minimum Gasteiger partial charge on any atom is -0.313 e. The Morgan fingerprint density at radius 2 is 2.06 bits per heavy atom. The molecule has 17 heavy (non-hydrogen) atoms. The number of hydrogen-bond donors (Lipinski definition) is 0. The van der Waals surface area contributed by atoms with Crippen molar-refractivity contribution in [2.24, 2.45) is 5.92 Å². The van der Waals surface area contributed by atoms with Crippen LogP contribution in [0.25, 0.3) is 0 Å². The maximum atomic E-state index is 13.5. The summed E-state index contributed by atoms with van der Waals surface area (Å²) in [5.41, 5.74) is -0.183. The van der Waals surface area contributed by atoms with E-state index in [1.807, 2.05) is 13.8 Å². The highest BCUT2D eigenvalue weighted by atomic mass is 19.3. The summed E-state index contributed by atoms with van der Waals surface area (Å²) in [6, 6.07) is 2.81. The Morgan fingerprint density at radius 1 is 1.41 bits per heavy atom. The Kier molecular flexibility index (Phi) is 5.00. The van der Waals surface area contributed by atoms with Gasteiger partial charge in [0.25, 0.3) is 0 Å². The van der Waals surface area contributed by atoms with Crippen LogP contribution in [0.15, 0.2) is 24.5 Å². The van der Waals surface area contributed by atoms with E-state index in [4.69, 9.17) is 4.74 Å². The van der Waals surface area contributed by atoms with E-state index in [2.05, 4.69) is 4.98 Å². The molecule has 1 unspecified atom stereocenters. The van der Waals surface area contributed by atoms with Gasteiger partial charge in [-0.05, 0) is 37.8 Å². The van der Waals surface area contributed by atoms with E-state index in [1.54, 1.807) is 6.92 Å². The summed E-state index contributed by atoms with van der Waals surface area (Å²) in [5.74, 6) is 0.299. The molecule has 0 spiro atoms. The third kappa shape index (κ3) is 4.04. The van der Waals surface area contributed by atoms with Crippen molar-refractivity contribution in [3.63, 3.8) is 0 Å². The molecule has 1 atom stereocenters. The lowest BCUT2D eigenvalue weighted by atomic mass is 10.2. The molecule has 1 aliphatic rings. The molecular formula is C13H19F2NO. The molecule has 1 fully saturated rings. The molecular weight excluding hydrogens is 224 g/mol. The molecule has 1 saturated carbocycles. The second-order valence-corrected chi connectivity index (χ2v) is 3.92. The number of alkyl halides is 2. The zero-order valence-electron chi connectivity index (χ0n) is 10.5. The summed E-state index contributed by atoms with van der Waals surface area (Å²) in [6.45, 7) is 5.70. The van der Waals surface area contributed by atoms with Crippen molar-refractivity contribution in [2.75, 3.05) is 0 Å². The third-order valence-electron chi connectivity index (χ3n) is 2.62. The topological polar surface area (TPSA) is 22.1 Å². The minimum atomic E-state index is -3.23. The van der Waals surface area contributed by atoms with Crippen LogP contribution in [0.2, 0.25) is 0 Å². The highest BCUT2D eigenvalue weighted by Gasteiger charge is 2.39. The molecule has 0 bridgehead atoms. The molecule has 1 aromatic rings. The summed E-state index contributed by atoms with van der Waals surface area (Å²) >= 11 is 0. The van der Waals surface area contributed by atoms with Crippen LogP contribution in [0.3, 0.4) is 0 Å². The summed E-state index contributed by atoms with van der Waals surface area (Å²) in [4.78, 5) is 3.66. The monoisotopic (exact) mass is 243 g/mol. The average Bonchev–Trinajstić information content (AvgIpc) is 3.16. The lowest BCUT2D eigenvalue weighted by Crippen LogP contribution is -2.25. The van der Waals surface area contributed by atoms with E-state index in [0.29, 0.717) is 5.92 Å². The predicted octanol–water partition coefficient (Wildman–Crippen LogP) is 3.97. The van der Waals surface area contributed by atoms with Crippen LogP contribution in [-0.2, 0) is 10.8 Å². The average molecular weight is 243 g/mol. The first kappa shape index (κ1) is 14.0. The van der Waals surface area contributed by atoms with Crippen LogP contribution in [0.1, 0.15) is 39.2 Å². The van der Waals surface area contributed by atoms with Crippen LogP contribution in [0.4, 0.5) is 8.78 Å². The van der Waals surface area contributed by atoms with Crippen molar-refractivity contribution in [1.82, 2.24) is 4.98 Å². The molecule has 96 valence electrons. The third-order valence-corrected chi connectivity index (χ3v) is 2.62. The van der Waals surface area contributed by atoms with Crippen molar-refractivity contribution < 1.29 is 13.5 Å². The van der Waals surface area contributed by atoms with Crippen molar-refractivity contribution in [1.29, 1.82) is 0 Å². The number of nitrogens with zero attached hydrogens (tertiary/aromatic N) is 1. The van der Waals surface area contributed by atoms with Gasteiger partial charge in [0.2, 0.25) is 0 Å². The molecule has 0 aliphatic heterocycles. The van der Waals surface area contributed by atoms with Gasteiger partial charge in [0.05, 0.1) is 11.7 Å². The molecule has 0 aromatic carbocycles. The van der Waals surface area contributed by atoms with Crippen molar-refractivity contribution >= 4 is 0 Å². The van der Waals surface area contributed by atoms with Gasteiger partial charge in [0.15, 0.2) is 0 Å². The van der Waals surface area contributed by atoms with E-state index in [0.717, 1.165) is 19.0 Å². The Hall–Kier alpha value is -1.03. The van der Waals surface area contributed by atoms with Gasteiger partial charge in [-0.1, -0.05) is 13.8 Å². The van der Waals surface area contributed by atoms with Crippen molar-refractivity contribution in [3.8, 4) is 0 Å². The van der Waals surface area contributed by atoms with E-state index in [-0.39, 0.29) is 11.7 Å². The summed E-state index contributed by atoms with van der Waals surface area (Å²) in [5, 5.41) is 0. The first-order valence-corrected chi connectivity index (χ1v) is 6.06. The fraction of sp³-hybridized carbons (Fsp3) is 0.615. The van der Waals surface area contributed by atoms with Gasteiger partial charge in [-0.2, -0.15) is 8.78 Å². The summed E-state index contributed by atoms with van der Waals surface area (Å²) in [7, 11) is 0. The Labute approximate surface area is 101 Å². The summed E-state index contributed by atoms with van der Waals surface area (Å²) < 4.78 is 31.8. The Bertz CT molecular complexity index is 325. The highest BCUT2D eigenvalue weighted by Crippen LogP contribution is 2.39. The van der Waals surface area contributed by atoms with Gasteiger partial charge in [-0.15, -0.1) is 0 Å². The van der Waals surface area contributed by atoms with Crippen LogP contribution < -0.4 is 0 Å². The predicted molar refractivity (Wildman–Crippen MR) is 62.8 cm³/mol. The standard InChI is InChI=1S/C11H13F2NO.C2H6/c1-8(9-4-5-9)15-11(12,13)10-3-2-6-14-7-10;1-2/h2-3,6-9H,4-5H2,1H3;1-2H3. The number of rotatable bonds is 4. The van der Waals surface area contributed by atoms with E-state index >= 15 is 0 Å². The number of pyridine rings is 1. The fourth-order valence-electron chi connectivity index (χ4n) is 1.50. The number of ether oxygens (including phenoxy) is 1. The van der Waals surface area contributed by atoms with Gasteiger partial charge < -0.3 is 4.74 Å². The fourth-order valence-corrected chi connectivity index (χ4v) is 1.50. The maximum absolute atomic E-state index is 13.5. The number of aromatic nitrogens is 1. The van der Waals surface area contributed by atoms with Crippen LogP contribution >= 0.6 is 0 Å². The largest absolute Gasteiger partial charge is 0.385 e. The molecule has 4 heteroatoms. The first-order valence-electron chi connectivity index (χ1n) is 6.06. The molecule has 0 radical (unpaired) electrons. The van der Waals surface area contributed by atoms with Gasteiger partial charge in [0, 0.05) is 12.4 Å².